The van der Waals surface area contributed by atoms with Crippen molar-refractivity contribution in [3.8, 4) is 5.75 Å². The summed E-state index contributed by atoms with van der Waals surface area (Å²) in [6.45, 7) is 5.67. The largest absolute Gasteiger partial charge is 0.494 e. The molecule has 33 heavy (non-hydrogen) atoms. The molecule has 8 heteroatoms. The molecule has 0 aromatic heterocycles. The molecule has 2 amide bonds. The van der Waals surface area contributed by atoms with E-state index in [0.29, 0.717) is 23.6 Å². The molecule has 0 aliphatic heterocycles. The maximum atomic E-state index is 12.2. The van der Waals surface area contributed by atoms with Crippen molar-refractivity contribution in [3.05, 3.63) is 59.2 Å². The molecule has 0 bridgehead atoms. The molecular formula is C25H30N2O6. The van der Waals surface area contributed by atoms with E-state index in [1.54, 1.807) is 30.3 Å². The van der Waals surface area contributed by atoms with Crippen molar-refractivity contribution in [2.45, 2.75) is 40.0 Å². The Morgan fingerprint density at radius 3 is 2.33 bits per heavy atom. The summed E-state index contributed by atoms with van der Waals surface area (Å²) in [4.78, 5) is 47.9. The van der Waals surface area contributed by atoms with Crippen molar-refractivity contribution >= 4 is 29.3 Å². The van der Waals surface area contributed by atoms with E-state index in [1.165, 1.54) is 0 Å². The minimum absolute atomic E-state index is 0.0339. The van der Waals surface area contributed by atoms with Crippen LogP contribution in [0.3, 0.4) is 0 Å². The van der Waals surface area contributed by atoms with E-state index in [9.17, 15) is 19.2 Å². The van der Waals surface area contributed by atoms with Crippen LogP contribution in [0.4, 0.5) is 5.69 Å². The van der Waals surface area contributed by atoms with E-state index in [4.69, 9.17) is 9.47 Å². The Morgan fingerprint density at radius 1 is 0.909 bits per heavy atom. The summed E-state index contributed by atoms with van der Waals surface area (Å²) in [6.07, 6.45) is 0.711. The Kier molecular flexibility index (Phi) is 10.1. The summed E-state index contributed by atoms with van der Waals surface area (Å²) < 4.78 is 10.4. The van der Waals surface area contributed by atoms with Gasteiger partial charge in [0.15, 0.2) is 12.4 Å². The van der Waals surface area contributed by atoms with Gasteiger partial charge in [-0.05, 0) is 61.7 Å². The predicted molar refractivity (Wildman–Crippen MR) is 124 cm³/mol. The highest BCUT2D eigenvalue weighted by Crippen LogP contribution is 2.17. The molecule has 8 nitrogen and oxygen atoms in total. The van der Waals surface area contributed by atoms with E-state index < -0.39 is 18.5 Å². The smallest absolute Gasteiger partial charge is 0.306 e. The summed E-state index contributed by atoms with van der Waals surface area (Å²) in [7, 11) is 0. The zero-order chi connectivity index (χ0) is 24.2. The van der Waals surface area contributed by atoms with Crippen LogP contribution < -0.4 is 15.4 Å². The van der Waals surface area contributed by atoms with Crippen LogP contribution in [0.5, 0.6) is 5.75 Å². The Balaban J connectivity index is 1.66. The number of anilines is 1. The first-order valence-electron chi connectivity index (χ1n) is 10.8. The van der Waals surface area contributed by atoms with Crippen molar-refractivity contribution in [1.29, 1.82) is 0 Å². The quantitative estimate of drug-likeness (QED) is 0.376. The SMILES string of the molecule is CCCOc1ccc(C(=O)CCC(=O)OCC(=O)NCC(=O)Nc2cccc(C)c2C)cc1. The van der Waals surface area contributed by atoms with E-state index >= 15 is 0 Å². The third-order valence-corrected chi connectivity index (χ3v) is 4.89. The summed E-state index contributed by atoms with van der Waals surface area (Å²) in [5.74, 6) is -1.18. The van der Waals surface area contributed by atoms with Crippen molar-refractivity contribution in [3.63, 3.8) is 0 Å². The van der Waals surface area contributed by atoms with E-state index in [2.05, 4.69) is 10.6 Å². The van der Waals surface area contributed by atoms with Gasteiger partial charge in [0.1, 0.15) is 5.75 Å². The molecule has 2 rings (SSSR count). The molecule has 2 N–H and O–H groups in total. The lowest BCUT2D eigenvalue weighted by Crippen LogP contribution is -2.35. The molecule has 2 aromatic rings. The molecule has 0 unspecified atom stereocenters. The van der Waals surface area contributed by atoms with Gasteiger partial charge in [0.05, 0.1) is 19.6 Å². The molecule has 176 valence electrons. The van der Waals surface area contributed by atoms with Gasteiger partial charge < -0.3 is 20.1 Å². The third-order valence-electron chi connectivity index (χ3n) is 4.89. The van der Waals surface area contributed by atoms with Gasteiger partial charge in [0.2, 0.25) is 5.91 Å². The topological polar surface area (TPSA) is 111 Å². The van der Waals surface area contributed by atoms with Gasteiger partial charge >= 0.3 is 5.97 Å². The van der Waals surface area contributed by atoms with Crippen LogP contribution in [-0.4, -0.2) is 43.3 Å². The molecular weight excluding hydrogens is 424 g/mol. The average Bonchev–Trinajstić information content (AvgIpc) is 2.81. The predicted octanol–water partition coefficient (Wildman–Crippen LogP) is 3.35. The Bertz CT molecular complexity index is 985. The molecule has 0 spiro atoms. The number of benzene rings is 2. The first kappa shape index (κ1) is 25.6. The van der Waals surface area contributed by atoms with E-state index in [1.807, 2.05) is 32.9 Å². The maximum Gasteiger partial charge on any atom is 0.306 e. The highest BCUT2D eigenvalue weighted by Gasteiger charge is 2.13. The van der Waals surface area contributed by atoms with Crippen LogP contribution in [0, 0.1) is 13.8 Å². The third kappa shape index (κ3) is 8.76. The second-order valence-electron chi connectivity index (χ2n) is 7.53. The number of nitrogens with one attached hydrogen (secondary N) is 2. The highest BCUT2D eigenvalue weighted by molar-refractivity contribution is 5.98. The first-order chi connectivity index (χ1) is 15.8. The Hall–Kier alpha value is -3.68. The number of esters is 1. The number of carbonyl (C=O) groups excluding carboxylic acids is 4. The van der Waals surface area contributed by atoms with Gasteiger partial charge in [-0.2, -0.15) is 0 Å². The molecule has 0 heterocycles. The van der Waals surface area contributed by atoms with Gasteiger partial charge in [-0.25, -0.2) is 0 Å². The van der Waals surface area contributed by atoms with Crippen molar-refractivity contribution < 1.29 is 28.7 Å². The van der Waals surface area contributed by atoms with Crippen molar-refractivity contribution in [1.82, 2.24) is 5.32 Å². The average molecular weight is 455 g/mol. The zero-order valence-corrected chi connectivity index (χ0v) is 19.2. The normalized spacial score (nSPS) is 10.3. The number of rotatable bonds is 12. The number of hydrogen-bond acceptors (Lipinski definition) is 6. The molecule has 0 fully saturated rings. The van der Waals surface area contributed by atoms with Gasteiger partial charge in [0, 0.05) is 17.7 Å². The van der Waals surface area contributed by atoms with E-state index in [-0.39, 0.29) is 31.1 Å². The summed E-state index contributed by atoms with van der Waals surface area (Å²) in [6, 6.07) is 12.3. The minimum Gasteiger partial charge on any atom is -0.494 e. The summed E-state index contributed by atoms with van der Waals surface area (Å²) >= 11 is 0. The van der Waals surface area contributed by atoms with Gasteiger partial charge in [-0.1, -0.05) is 19.1 Å². The molecule has 0 radical (unpaired) electrons. The number of ketones is 1. The monoisotopic (exact) mass is 454 g/mol. The molecule has 0 aliphatic carbocycles. The lowest BCUT2D eigenvalue weighted by atomic mass is 10.1. The van der Waals surface area contributed by atoms with E-state index in [0.717, 1.165) is 17.5 Å². The number of amides is 2. The Morgan fingerprint density at radius 2 is 1.64 bits per heavy atom. The van der Waals surface area contributed by atoms with Gasteiger partial charge in [-0.3, -0.25) is 19.2 Å². The fourth-order valence-electron chi connectivity index (χ4n) is 2.85. The number of aryl methyl sites for hydroxylation is 1. The zero-order valence-electron chi connectivity index (χ0n) is 19.2. The fourth-order valence-corrected chi connectivity index (χ4v) is 2.85. The van der Waals surface area contributed by atoms with Crippen molar-refractivity contribution in [2.24, 2.45) is 0 Å². The van der Waals surface area contributed by atoms with Gasteiger partial charge in [0.25, 0.3) is 5.91 Å². The second-order valence-corrected chi connectivity index (χ2v) is 7.53. The number of carbonyl (C=O) groups is 4. The van der Waals surface area contributed by atoms with Crippen LogP contribution in [0.15, 0.2) is 42.5 Å². The second kappa shape index (κ2) is 13.0. The van der Waals surface area contributed by atoms with Crippen LogP contribution in [0.25, 0.3) is 0 Å². The molecule has 0 saturated heterocycles. The van der Waals surface area contributed by atoms with Crippen LogP contribution in [-0.2, 0) is 19.1 Å². The molecule has 0 saturated carbocycles. The number of hydrogen-bond donors (Lipinski definition) is 2. The maximum absolute atomic E-state index is 12.2. The van der Waals surface area contributed by atoms with Crippen LogP contribution >= 0.6 is 0 Å². The number of Topliss-reactive ketones (excluding diaryl/α,β-unsaturated/α-hetero) is 1. The molecule has 0 atom stereocenters. The minimum atomic E-state index is -0.666. The molecule has 0 aliphatic rings. The fraction of sp³-hybridized carbons (Fsp3) is 0.360. The lowest BCUT2D eigenvalue weighted by molar-refractivity contribution is -0.148. The Labute approximate surface area is 193 Å². The lowest BCUT2D eigenvalue weighted by Gasteiger charge is -2.11. The molecule has 2 aromatic carbocycles. The first-order valence-corrected chi connectivity index (χ1v) is 10.8. The van der Waals surface area contributed by atoms with Crippen LogP contribution in [0.2, 0.25) is 0 Å². The van der Waals surface area contributed by atoms with Crippen molar-refractivity contribution in [2.75, 3.05) is 25.1 Å². The highest BCUT2D eigenvalue weighted by atomic mass is 16.5. The summed E-state index contributed by atoms with van der Waals surface area (Å²) in [5.41, 5.74) is 3.13. The summed E-state index contributed by atoms with van der Waals surface area (Å²) in [5, 5.41) is 5.12. The van der Waals surface area contributed by atoms with Gasteiger partial charge in [-0.15, -0.1) is 0 Å². The number of ether oxygens (including phenoxy) is 2. The van der Waals surface area contributed by atoms with Crippen LogP contribution in [0.1, 0.15) is 47.7 Å². The standard InChI is InChI=1S/C25H30N2O6/c1-4-14-32-20-10-8-19(9-11-20)22(28)12-13-25(31)33-16-24(30)26-15-23(29)27-21-7-5-6-17(2)18(21)3/h5-11H,4,12-16H2,1-3H3,(H,26,30)(H,27,29).